The molecule has 2 heterocycles. The van der Waals surface area contributed by atoms with Crippen LogP contribution in [0, 0.1) is 13.8 Å². The van der Waals surface area contributed by atoms with Crippen molar-refractivity contribution >= 4 is 22.3 Å². The number of nitrogens with zero attached hydrogens (tertiary/aromatic N) is 2. The highest BCUT2D eigenvalue weighted by Gasteiger charge is 2.23. The van der Waals surface area contributed by atoms with Crippen LogP contribution in [0.5, 0.6) is 0 Å². The summed E-state index contributed by atoms with van der Waals surface area (Å²) in [6.45, 7) is 8.36. The van der Waals surface area contributed by atoms with E-state index in [4.69, 9.17) is 4.98 Å². The number of rotatable bonds is 5. The second-order valence-electron chi connectivity index (χ2n) is 6.13. The van der Waals surface area contributed by atoms with Crippen LogP contribution in [0.25, 0.3) is 16.2 Å². The van der Waals surface area contributed by atoms with Crippen molar-refractivity contribution < 1.29 is 9.90 Å². The molecular formula is C19H22N2O2S. The maximum Gasteiger partial charge on any atom is 0.347 e. The fourth-order valence-electron chi connectivity index (χ4n) is 3.28. The third-order valence-electron chi connectivity index (χ3n) is 4.32. The molecule has 0 radical (unpaired) electrons. The number of aromatic carboxylic acids is 1. The summed E-state index contributed by atoms with van der Waals surface area (Å²) in [4.78, 5) is 17.6. The van der Waals surface area contributed by atoms with Crippen LogP contribution in [0.1, 0.15) is 52.5 Å². The molecular weight excluding hydrogens is 320 g/mol. The first-order valence-corrected chi connectivity index (χ1v) is 9.13. The molecule has 3 rings (SSSR count). The van der Waals surface area contributed by atoms with Crippen LogP contribution in [0.3, 0.4) is 0 Å². The molecule has 0 aliphatic carbocycles. The standard InChI is InChI=1S/C19H22N2O2S/c1-5-7-15-17(18(22)23)24-19-20-16(14(6-2)21(15)19)13-9-8-11(3)10-12(13)4/h8-10H,5-7H2,1-4H3,(H,22,23). The summed E-state index contributed by atoms with van der Waals surface area (Å²) in [7, 11) is 0. The molecule has 1 N–H and O–H groups in total. The van der Waals surface area contributed by atoms with Crippen LogP contribution >= 0.6 is 11.3 Å². The lowest BCUT2D eigenvalue weighted by Crippen LogP contribution is -2.04. The number of imidazole rings is 1. The minimum atomic E-state index is -0.857. The maximum atomic E-state index is 11.6. The molecule has 0 aliphatic heterocycles. The summed E-state index contributed by atoms with van der Waals surface area (Å²) in [6.07, 6.45) is 2.47. The lowest BCUT2D eigenvalue weighted by atomic mass is 10.0. The molecule has 0 bridgehead atoms. The lowest BCUT2D eigenvalue weighted by Gasteiger charge is -2.08. The van der Waals surface area contributed by atoms with Crippen molar-refractivity contribution in [2.24, 2.45) is 0 Å². The molecule has 3 aromatic rings. The highest BCUT2D eigenvalue weighted by Crippen LogP contribution is 2.34. The number of benzene rings is 1. The Morgan fingerprint density at radius 1 is 1.25 bits per heavy atom. The molecule has 0 aliphatic rings. The van der Waals surface area contributed by atoms with Gasteiger partial charge in [0.2, 0.25) is 0 Å². The van der Waals surface area contributed by atoms with Gasteiger partial charge in [0.05, 0.1) is 11.4 Å². The van der Waals surface area contributed by atoms with Gasteiger partial charge in [0.1, 0.15) is 4.88 Å². The van der Waals surface area contributed by atoms with Gasteiger partial charge in [-0.15, -0.1) is 0 Å². The predicted molar refractivity (Wildman–Crippen MR) is 98.3 cm³/mol. The van der Waals surface area contributed by atoms with Crippen molar-refractivity contribution in [1.82, 2.24) is 9.38 Å². The smallest absolute Gasteiger partial charge is 0.347 e. The highest BCUT2D eigenvalue weighted by atomic mass is 32.1. The van der Waals surface area contributed by atoms with Crippen LogP contribution in [-0.2, 0) is 12.8 Å². The first-order valence-electron chi connectivity index (χ1n) is 8.31. The summed E-state index contributed by atoms with van der Waals surface area (Å²) >= 11 is 1.28. The van der Waals surface area contributed by atoms with Crippen LogP contribution in [0.2, 0.25) is 0 Å². The predicted octanol–water partition coefficient (Wildman–Crippen LogP) is 4.89. The lowest BCUT2D eigenvalue weighted by molar-refractivity contribution is 0.0700. The fraction of sp³-hybridized carbons (Fsp3) is 0.368. The molecule has 126 valence electrons. The number of carboxylic acids is 1. The molecule has 2 aromatic heterocycles. The molecule has 0 atom stereocenters. The van der Waals surface area contributed by atoms with Gasteiger partial charge in [-0.2, -0.15) is 0 Å². The Kier molecular flexibility index (Phi) is 4.45. The van der Waals surface area contributed by atoms with Crippen LogP contribution in [0.15, 0.2) is 18.2 Å². The topological polar surface area (TPSA) is 54.6 Å². The zero-order valence-electron chi connectivity index (χ0n) is 14.5. The van der Waals surface area contributed by atoms with Crippen LogP contribution in [0.4, 0.5) is 0 Å². The van der Waals surface area contributed by atoms with Crippen molar-refractivity contribution in [3.63, 3.8) is 0 Å². The van der Waals surface area contributed by atoms with Crippen molar-refractivity contribution in [2.75, 3.05) is 0 Å². The van der Waals surface area contributed by atoms with Gasteiger partial charge in [0, 0.05) is 11.3 Å². The van der Waals surface area contributed by atoms with Gasteiger partial charge >= 0.3 is 5.97 Å². The van der Waals surface area contributed by atoms with E-state index >= 15 is 0 Å². The number of aryl methyl sites for hydroxylation is 4. The Labute approximate surface area is 145 Å². The van der Waals surface area contributed by atoms with Crippen LogP contribution < -0.4 is 0 Å². The van der Waals surface area contributed by atoms with E-state index in [0.29, 0.717) is 4.88 Å². The highest BCUT2D eigenvalue weighted by molar-refractivity contribution is 7.19. The molecule has 0 unspecified atom stereocenters. The van der Waals surface area contributed by atoms with Gasteiger partial charge in [0.15, 0.2) is 4.96 Å². The van der Waals surface area contributed by atoms with E-state index in [1.807, 2.05) is 0 Å². The van der Waals surface area contributed by atoms with E-state index in [2.05, 4.69) is 50.3 Å². The van der Waals surface area contributed by atoms with E-state index in [-0.39, 0.29) is 0 Å². The normalized spacial score (nSPS) is 11.3. The summed E-state index contributed by atoms with van der Waals surface area (Å²) in [5.41, 5.74) is 6.53. The number of carbonyl (C=O) groups is 1. The van der Waals surface area contributed by atoms with E-state index in [9.17, 15) is 9.90 Å². The first-order chi connectivity index (χ1) is 11.5. The minimum absolute atomic E-state index is 0.418. The van der Waals surface area contributed by atoms with E-state index < -0.39 is 5.97 Å². The minimum Gasteiger partial charge on any atom is -0.477 e. The van der Waals surface area contributed by atoms with Gasteiger partial charge in [-0.3, -0.25) is 4.40 Å². The monoisotopic (exact) mass is 342 g/mol. The zero-order valence-corrected chi connectivity index (χ0v) is 15.3. The van der Waals surface area contributed by atoms with Gasteiger partial charge in [-0.25, -0.2) is 9.78 Å². The first kappa shape index (κ1) is 16.7. The van der Waals surface area contributed by atoms with E-state index in [1.165, 1.54) is 22.5 Å². The molecule has 0 amide bonds. The van der Waals surface area contributed by atoms with Gasteiger partial charge in [-0.1, -0.05) is 55.4 Å². The summed E-state index contributed by atoms with van der Waals surface area (Å²) < 4.78 is 2.08. The molecule has 4 nitrogen and oxygen atoms in total. The van der Waals surface area contributed by atoms with Crippen molar-refractivity contribution in [3.05, 3.63) is 45.6 Å². The Balaban J connectivity index is 2.29. The number of hydrogen-bond donors (Lipinski definition) is 1. The summed E-state index contributed by atoms with van der Waals surface area (Å²) in [5.74, 6) is -0.857. The Morgan fingerprint density at radius 3 is 2.58 bits per heavy atom. The van der Waals surface area contributed by atoms with Crippen molar-refractivity contribution in [3.8, 4) is 11.3 Å². The van der Waals surface area contributed by atoms with Crippen molar-refractivity contribution in [1.29, 1.82) is 0 Å². The number of aromatic nitrogens is 2. The second kappa shape index (κ2) is 6.40. The van der Waals surface area contributed by atoms with E-state index in [1.54, 1.807) is 0 Å². The number of fused-ring (bicyclic) bond motifs is 1. The largest absolute Gasteiger partial charge is 0.477 e. The Morgan fingerprint density at radius 2 is 2.00 bits per heavy atom. The molecule has 0 fully saturated rings. The number of hydrogen-bond acceptors (Lipinski definition) is 3. The maximum absolute atomic E-state index is 11.6. The average Bonchev–Trinajstić information content (AvgIpc) is 3.04. The fourth-order valence-corrected chi connectivity index (χ4v) is 4.31. The molecule has 0 spiro atoms. The number of carboxylic acid groups (broad SMARTS) is 1. The van der Waals surface area contributed by atoms with Gasteiger partial charge in [0.25, 0.3) is 0 Å². The SMILES string of the molecule is CCCc1c(C(=O)O)sc2nc(-c3ccc(C)cc3C)c(CC)n12. The third kappa shape index (κ3) is 2.63. The summed E-state index contributed by atoms with van der Waals surface area (Å²) in [6, 6.07) is 6.39. The third-order valence-corrected chi connectivity index (χ3v) is 5.39. The van der Waals surface area contributed by atoms with Crippen molar-refractivity contribution in [2.45, 2.75) is 47.0 Å². The number of thiazole rings is 1. The molecule has 24 heavy (non-hydrogen) atoms. The van der Waals surface area contributed by atoms with E-state index in [0.717, 1.165) is 46.9 Å². The molecule has 1 aromatic carbocycles. The quantitative estimate of drug-likeness (QED) is 0.718. The Bertz CT molecular complexity index is 921. The zero-order chi connectivity index (χ0) is 17.4. The Hall–Kier alpha value is -2.14. The van der Waals surface area contributed by atoms with Crippen LogP contribution in [-0.4, -0.2) is 20.5 Å². The summed E-state index contributed by atoms with van der Waals surface area (Å²) in [5, 5.41) is 9.51. The second-order valence-corrected chi connectivity index (χ2v) is 7.11. The van der Waals surface area contributed by atoms with Gasteiger partial charge < -0.3 is 5.11 Å². The van der Waals surface area contributed by atoms with Gasteiger partial charge in [-0.05, 0) is 32.3 Å². The molecule has 0 saturated carbocycles. The molecule has 0 saturated heterocycles. The average molecular weight is 342 g/mol. The molecule has 5 heteroatoms.